The molecular weight excluding hydrogens is 156 g/mol. The van der Waals surface area contributed by atoms with Crippen molar-refractivity contribution in [2.24, 2.45) is 20.9 Å². The Hall–Kier alpha value is -1.78. The summed E-state index contributed by atoms with van der Waals surface area (Å²) in [5.74, 6) is -0.535. The molecule has 0 saturated heterocycles. The molecule has 0 fully saturated rings. The van der Waals surface area contributed by atoms with Gasteiger partial charge in [0.15, 0.2) is 0 Å². The highest BCUT2D eigenvalue weighted by Crippen LogP contribution is 2.08. The smallest absolute Gasteiger partial charge is 0.265 e. The first-order valence-corrected chi connectivity index (χ1v) is 3.45. The number of primary amides is 1. The van der Waals surface area contributed by atoms with Crippen LogP contribution >= 0.6 is 0 Å². The standard InChI is InChI=1S/C7H6N4O/c8-7(12)6-3-5-4(10-11-6)1-2-9-5/h1-2H,3H2,(H2,8,12). The predicted octanol–water partition coefficient (Wildman–Crippen LogP) is -0.359. The summed E-state index contributed by atoms with van der Waals surface area (Å²) in [5.41, 5.74) is 6.79. The van der Waals surface area contributed by atoms with E-state index in [-0.39, 0.29) is 5.71 Å². The molecule has 0 spiro atoms. The van der Waals surface area contributed by atoms with Gasteiger partial charge in [0.05, 0.1) is 5.71 Å². The number of amides is 1. The van der Waals surface area contributed by atoms with E-state index in [1.54, 1.807) is 12.3 Å². The zero-order chi connectivity index (χ0) is 8.55. The maximum Gasteiger partial charge on any atom is 0.265 e. The number of rotatable bonds is 1. The molecule has 0 aromatic heterocycles. The lowest BCUT2D eigenvalue weighted by atomic mass is 10.1. The average Bonchev–Trinajstić information content (AvgIpc) is 2.49. The minimum atomic E-state index is -0.535. The molecule has 0 bridgehead atoms. The average molecular weight is 162 g/mol. The van der Waals surface area contributed by atoms with Gasteiger partial charge >= 0.3 is 0 Å². The molecule has 2 rings (SSSR count). The molecule has 0 aromatic carbocycles. The van der Waals surface area contributed by atoms with Crippen molar-refractivity contribution in [3.8, 4) is 0 Å². The summed E-state index contributed by atoms with van der Waals surface area (Å²) in [6, 6.07) is 0. The second kappa shape index (κ2) is 2.37. The molecule has 0 radical (unpaired) electrons. The second-order valence-electron chi connectivity index (χ2n) is 2.46. The Kier molecular flexibility index (Phi) is 1.36. The SMILES string of the molecule is NC(=O)C1=NN=C2C=CN=C2C1. The van der Waals surface area contributed by atoms with E-state index in [0.29, 0.717) is 6.42 Å². The monoisotopic (exact) mass is 162 g/mol. The van der Waals surface area contributed by atoms with E-state index in [1.165, 1.54) is 0 Å². The topological polar surface area (TPSA) is 80.2 Å². The van der Waals surface area contributed by atoms with E-state index in [4.69, 9.17) is 5.73 Å². The van der Waals surface area contributed by atoms with Gasteiger partial charge in [-0.15, -0.1) is 10.2 Å². The molecule has 12 heavy (non-hydrogen) atoms. The van der Waals surface area contributed by atoms with Crippen LogP contribution in [0.15, 0.2) is 27.5 Å². The number of aliphatic imine (C=N–C) groups is 1. The largest absolute Gasteiger partial charge is 0.364 e. The number of nitrogens with two attached hydrogens (primary N) is 1. The molecule has 0 unspecified atom stereocenters. The highest BCUT2D eigenvalue weighted by molar-refractivity contribution is 6.56. The van der Waals surface area contributed by atoms with Gasteiger partial charge in [-0.3, -0.25) is 9.79 Å². The number of nitrogens with zero attached hydrogens (tertiary/aromatic N) is 3. The molecule has 2 aliphatic heterocycles. The van der Waals surface area contributed by atoms with Crippen LogP contribution in [0.5, 0.6) is 0 Å². The summed E-state index contributed by atoms with van der Waals surface area (Å²) in [4.78, 5) is 14.7. The minimum Gasteiger partial charge on any atom is -0.364 e. The molecule has 60 valence electrons. The Morgan fingerprint density at radius 3 is 3.08 bits per heavy atom. The van der Waals surface area contributed by atoms with Crippen LogP contribution in [0, 0.1) is 0 Å². The van der Waals surface area contributed by atoms with Crippen LogP contribution in [0.4, 0.5) is 0 Å². The van der Waals surface area contributed by atoms with E-state index in [0.717, 1.165) is 11.4 Å². The Bertz CT molecular complexity index is 362. The zero-order valence-electron chi connectivity index (χ0n) is 6.19. The highest BCUT2D eigenvalue weighted by atomic mass is 16.1. The van der Waals surface area contributed by atoms with Crippen LogP contribution in [0.1, 0.15) is 6.42 Å². The van der Waals surface area contributed by atoms with Crippen molar-refractivity contribution in [3.63, 3.8) is 0 Å². The molecule has 0 aliphatic carbocycles. The van der Waals surface area contributed by atoms with Gasteiger partial charge in [0, 0.05) is 12.6 Å². The number of hydrogen-bond donors (Lipinski definition) is 1. The van der Waals surface area contributed by atoms with Gasteiger partial charge in [0.1, 0.15) is 11.4 Å². The van der Waals surface area contributed by atoms with Crippen LogP contribution in [-0.2, 0) is 4.79 Å². The number of carbonyl (C=O) groups is 1. The van der Waals surface area contributed by atoms with E-state index >= 15 is 0 Å². The van der Waals surface area contributed by atoms with Crippen molar-refractivity contribution in [2.45, 2.75) is 6.42 Å². The van der Waals surface area contributed by atoms with Gasteiger partial charge < -0.3 is 5.73 Å². The van der Waals surface area contributed by atoms with Crippen molar-refractivity contribution >= 4 is 23.0 Å². The van der Waals surface area contributed by atoms with Gasteiger partial charge in [-0.25, -0.2) is 0 Å². The molecule has 2 aliphatic rings. The number of allylic oxidation sites excluding steroid dienone is 1. The summed E-state index contributed by atoms with van der Waals surface area (Å²) in [5, 5.41) is 7.45. The lowest BCUT2D eigenvalue weighted by molar-refractivity contribution is -0.112. The molecule has 0 aromatic rings. The maximum atomic E-state index is 10.7. The van der Waals surface area contributed by atoms with Crippen LogP contribution < -0.4 is 5.73 Å². The van der Waals surface area contributed by atoms with E-state index in [1.807, 2.05) is 0 Å². The fraction of sp³-hybridized carbons (Fsp3) is 0.143. The third-order valence-corrected chi connectivity index (χ3v) is 1.66. The van der Waals surface area contributed by atoms with Gasteiger partial charge in [0.2, 0.25) is 0 Å². The summed E-state index contributed by atoms with van der Waals surface area (Å²) < 4.78 is 0. The van der Waals surface area contributed by atoms with E-state index in [9.17, 15) is 4.79 Å². The van der Waals surface area contributed by atoms with Crippen molar-refractivity contribution in [1.29, 1.82) is 0 Å². The normalized spacial score (nSPS) is 19.5. The third-order valence-electron chi connectivity index (χ3n) is 1.66. The van der Waals surface area contributed by atoms with E-state index in [2.05, 4.69) is 15.2 Å². The lowest BCUT2D eigenvalue weighted by Gasteiger charge is -2.05. The molecule has 0 saturated carbocycles. The third kappa shape index (κ3) is 0.952. The van der Waals surface area contributed by atoms with Crippen molar-refractivity contribution in [1.82, 2.24) is 0 Å². The van der Waals surface area contributed by atoms with Crippen LogP contribution in [0.25, 0.3) is 0 Å². The van der Waals surface area contributed by atoms with Gasteiger partial charge in [-0.2, -0.15) is 0 Å². The molecule has 5 heteroatoms. The quantitative estimate of drug-likeness (QED) is 0.561. The van der Waals surface area contributed by atoms with Gasteiger partial charge in [-0.05, 0) is 6.08 Å². The Labute approximate surface area is 68.4 Å². The minimum absolute atomic E-state index is 0.265. The van der Waals surface area contributed by atoms with Crippen LogP contribution in [-0.4, -0.2) is 23.0 Å². The fourth-order valence-corrected chi connectivity index (χ4v) is 1.03. The molecule has 0 atom stereocenters. The first-order chi connectivity index (χ1) is 5.77. The second-order valence-corrected chi connectivity index (χ2v) is 2.46. The molecule has 5 nitrogen and oxygen atoms in total. The highest BCUT2D eigenvalue weighted by Gasteiger charge is 2.20. The molecule has 2 heterocycles. The number of fused-ring (bicyclic) bond motifs is 1. The number of carbonyl (C=O) groups excluding carboxylic acids is 1. The zero-order valence-corrected chi connectivity index (χ0v) is 6.19. The van der Waals surface area contributed by atoms with Crippen LogP contribution in [0.3, 0.4) is 0 Å². The Morgan fingerprint density at radius 1 is 1.50 bits per heavy atom. The first kappa shape index (κ1) is 6.90. The fourth-order valence-electron chi connectivity index (χ4n) is 1.03. The van der Waals surface area contributed by atoms with Gasteiger partial charge in [0.25, 0.3) is 5.91 Å². The van der Waals surface area contributed by atoms with E-state index < -0.39 is 5.91 Å². The first-order valence-electron chi connectivity index (χ1n) is 3.45. The summed E-state index contributed by atoms with van der Waals surface area (Å²) in [7, 11) is 0. The summed E-state index contributed by atoms with van der Waals surface area (Å²) in [6.45, 7) is 0. The van der Waals surface area contributed by atoms with Crippen molar-refractivity contribution in [2.75, 3.05) is 0 Å². The number of hydrogen-bond acceptors (Lipinski definition) is 4. The maximum absolute atomic E-state index is 10.7. The summed E-state index contributed by atoms with van der Waals surface area (Å²) >= 11 is 0. The lowest BCUT2D eigenvalue weighted by Crippen LogP contribution is -2.29. The van der Waals surface area contributed by atoms with Crippen LogP contribution in [0.2, 0.25) is 0 Å². The van der Waals surface area contributed by atoms with Gasteiger partial charge in [-0.1, -0.05) is 0 Å². The Morgan fingerprint density at radius 2 is 2.33 bits per heavy atom. The molecule has 2 N–H and O–H groups in total. The predicted molar refractivity (Wildman–Crippen MR) is 45.3 cm³/mol. The summed E-state index contributed by atoms with van der Waals surface area (Å²) in [6.07, 6.45) is 3.77. The molecule has 1 amide bonds. The Balaban J connectivity index is 2.33. The molecular formula is C7H6N4O. The van der Waals surface area contributed by atoms with Crippen molar-refractivity contribution in [3.05, 3.63) is 12.3 Å². The van der Waals surface area contributed by atoms with Crippen molar-refractivity contribution < 1.29 is 4.79 Å².